The van der Waals surface area contributed by atoms with Gasteiger partial charge in [-0.2, -0.15) is 0 Å². The molecule has 1 saturated heterocycles. The van der Waals surface area contributed by atoms with Crippen molar-refractivity contribution >= 4 is 17.9 Å². The maximum absolute atomic E-state index is 13.4. The first kappa shape index (κ1) is 20.5. The lowest BCUT2D eigenvalue weighted by Gasteiger charge is -2.27. The highest BCUT2D eigenvalue weighted by atomic mass is 19.1. The summed E-state index contributed by atoms with van der Waals surface area (Å²) in [5.74, 6) is -1.22. The van der Waals surface area contributed by atoms with Crippen LogP contribution in [0.25, 0.3) is 0 Å². The summed E-state index contributed by atoms with van der Waals surface area (Å²) in [5, 5.41) is 2.84. The lowest BCUT2D eigenvalue weighted by atomic mass is 9.84. The van der Waals surface area contributed by atoms with Crippen molar-refractivity contribution in [3.05, 3.63) is 71.0 Å². The maximum atomic E-state index is 13.4. The second-order valence-electron chi connectivity index (χ2n) is 7.03. The van der Waals surface area contributed by atoms with Gasteiger partial charge in [0.2, 0.25) is 0 Å². The number of nitrogens with one attached hydrogen (secondary N) is 1. The predicted molar refractivity (Wildman–Crippen MR) is 104 cm³/mol. The average Bonchev–Trinajstić information content (AvgIpc) is 2.97. The monoisotopic (exact) mass is 398 g/mol. The van der Waals surface area contributed by atoms with Crippen molar-refractivity contribution in [3.63, 3.8) is 0 Å². The number of urea groups is 1. The van der Waals surface area contributed by atoms with Crippen LogP contribution < -0.4 is 5.32 Å². The molecular weight excluding hydrogens is 375 g/mol. The Morgan fingerprint density at radius 2 is 1.76 bits per heavy atom. The molecule has 0 unspecified atom stereocenters. The average molecular weight is 398 g/mol. The van der Waals surface area contributed by atoms with Gasteiger partial charge < -0.3 is 10.1 Å². The topological polar surface area (TPSA) is 75.7 Å². The van der Waals surface area contributed by atoms with Gasteiger partial charge in [-0.25, -0.2) is 14.0 Å². The Morgan fingerprint density at radius 1 is 1.10 bits per heavy atom. The van der Waals surface area contributed by atoms with E-state index in [9.17, 15) is 18.8 Å². The number of unbranched alkanes of at least 4 members (excludes halogenated alkanes) is 1. The lowest BCUT2D eigenvalue weighted by molar-refractivity contribution is -0.132. The first-order chi connectivity index (χ1) is 13.9. The summed E-state index contributed by atoms with van der Waals surface area (Å²) in [5.41, 5.74) is 0.449. The SMILES string of the molecule is CCCC[C@@]1(c2ccc(F)cc2)NC(=O)N(Cc2ccc(C(=O)OC)cc2)C1=O. The van der Waals surface area contributed by atoms with E-state index in [2.05, 4.69) is 10.1 Å². The van der Waals surface area contributed by atoms with Gasteiger partial charge in [-0.1, -0.05) is 44.0 Å². The van der Waals surface area contributed by atoms with E-state index in [4.69, 9.17) is 0 Å². The predicted octanol–water partition coefficient (Wildman–Crippen LogP) is 3.75. The van der Waals surface area contributed by atoms with Crippen LogP contribution in [0.2, 0.25) is 0 Å². The zero-order chi connectivity index (χ0) is 21.0. The molecule has 1 heterocycles. The molecule has 1 aliphatic rings. The van der Waals surface area contributed by atoms with Crippen LogP contribution in [-0.4, -0.2) is 29.9 Å². The summed E-state index contributed by atoms with van der Waals surface area (Å²) < 4.78 is 18.1. The zero-order valence-corrected chi connectivity index (χ0v) is 16.4. The highest BCUT2D eigenvalue weighted by molar-refractivity contribution is 6.07. The summed E-state index contributed by atoms with van der Waals surface area (Å²) in [4.78, 5) is 38.7. The van der Waals surface area contributed by atoms with Crippen LogP contribution >= 0.6 is 0 Å². The summed E-state index contributed by atoms with van der Waals surface area (Å²) in [7, 11) is 1.30. The maximum Gasteiger partial charge on any atom is 0.337 e. The van der Waals surface area contributed by atoms with E-state index in [1.54, 1.807) is 24.3 Å². The van der Waals surface area contributed by atoms with Crippen LogP contribution in [0.1, 0.15) is 47.7 Å². The second-order valence-corrected chi connectivity index (χ2v) is 7.03. The van der Waals surface area contributed by atoms with E-state index in [1.807, 2.05) is 6.92 Å². The van der Waals surface area contributed by atoms with Crippen LogP contribution in [0.15, 0.2) is 48.5 Å². The number of amides is 3. The number of nitrogens with zero attached hydrogens (tertiary/aromatic N) is 1. The van der Waals surface area contributed by atoms with Gasteiger partial charge in [0.25, 0.3) is 5.91 Å². The van der Waals surface area contributed by atoms with Gasteiger partial charge in [-0.3, -0.25) is 9.69 Å². The molecule has 3 amide bonds. The fourth-order valence-electron chi connectivity index (χ4n) is 3.50. The van der Waals surface area contributed by atoms with E-state index >= 15 is 0 Å². The van der Waals surface area contributed by atoms with E-state index in [1.165, 1.54) is 31.4 Å². The van der Waals surface area contributed by atoms with Crippen molar-refractivity contribution in [2.24, 2.45) is 0 Å². The number of ether oxygens (including phenoxy) is 1. The molecule has 0 aliphatic carbocycles. The molecule has 1 N–H and O–H groups in total. The Bertz CT molecular complexity index is 911. The number of hydrogen-bond acceptors (Lipinski definition) is 4. The molecule has 152 valence electrons. The number of esters is 1. The van der Waals surface area contributed by atoms with Gasteiger partial charge in [-0.15, -0.1) is 0 Å². The molecule has 0 saturated carbocycles. The number of carbonyl (C=O) groups is 3. The number of halogens is 1. The molecule has 0 radical (unpaired) electrons. The molecule has 2 aromatic carbocycles. The smallest absolute Gasteiger partial charge is 0.337 e. The number of hydrogen-bond donors (Lipinski definition) is 1. The fraction of sp³-hybridized carbons (Fsp3) is 0.318. The molecule has 0 aromatic heterocycles. The van der Waals surface area contributed by atoms with Gasteiger partial charge in [0.15, 0.2) is 0 Å². The highest BCUT2D eigenvalue weighted by Crippen LogP contribution is 2.35. The highest BCUT2D eigenvalue weighted by Gasteiger charge is 2.51. The van der Waals surface area contributed by atoms with Crippen molar-refractivity contribution in [3.8, 4) is 0 Å². The van der Waals surface area contributed by atoms with Crippen molar-refractivity contribution in [2.45, 2.75) is 38.3 Å². The molecule has 1 fully saturated rings. The van der Waals surface area contributed by atoms with Gasteiger partial charge in [0.1, 0.15) is 11.4 Å². The number of carbonyl (C=O) groups excluding carboxylic acids is 3. The molecule has 3 rings (SSSR count). The van der Waals surface area contributed by atoms with E-state index in [-0.39, 0.29) is 12.5 Å². The summed E-state index contributed by atoms with van der Waals surface area (Å²) in [6, 6.07) is 11.7. The minimum atomic E-state index is -1.20. The van der Waals surface area contributed by atoms with E-state index in [0.717, 1.165) is 17.7 Å². The summed E-state index contributed by atoms with van der Waals surface area (Å²) >= 11 is 0. The van der Waals surface area contributed by atoms with E-state index in [0.29, 0.717) is 23.1 Å². The largest absolute Gasteiger partial charge is 0.465 e. The Hall–Kier alpha value is -3.22. The van der Waals surface area contributed by atoms with Gasteiger partial charge in [0, 0.05) is 0 Å². The van der Waals surface area contributed by atoms with Crippen LogP contribution in [0, 0.1) is 5.82 Å². The van der Waals surface area contributed by atoms with Crippen LogP contribution in [0.4, 0.5) is 9.18 Å². The van der Waals surface area contributed by atoms with Crippen molar-refractivity contribution in [1.82, 2.24) is 10.2 Å². The van der Waals surface area contributed by atoms with Crippen molar-refractivity contribution in [2.75, 3.05) is 7.11 Å². The van der Waals surface area contributed by atoms with Crippen LogP contribution in [0.3, 0.4) is 0 Å². The van der Waals surface area contributed by atoms with Gasteiger partial charge in [0.05, 0.1) is 19.2 Å². The molecule has 1 aliphatic heterocycles. The number of rotatable bonds is 7. The van der Waals surface area contributed by atoms with Crippen molar-refractivity contribution < 1.29 is 23.5 Å². The Morgan fingerprint density at radius 3 is 2.34 bits per heavy atom. The molecule has 0 spiro atoms. The third-order valence-electron chi connectivity index (χ3n) is 5.13. The van der Waals surface area contributed by atoms with Gasteiger partial charge >= 0.3 is 12.0 Å². The molecule has 7 heteroatoms. The first-order valence-electron chi connectivity index (χ1n) is 9.48. The Kier molecular flexibility index (Phi) is 5.96. The molecule has 29 heavy (non-hydrogen) atoms. The molecule has 0 bridgehead atoms. The Balaban J connectivity index is 1.87. The number of benzene rings is 2. The fourth-order valence-corrected chi connectivity index (χ4v) is 3.50. The summed E-state index contributed by atoms with van der Waals surface area (Å²) in [6.07, 6.45) is 2.00. The lowest BCUT2D eigenvalue weighted by Crippen LogP contribution is -2.44. The number of imide groups is 1. The second kappa shape index (κ2) is 8.43. The minimum absolute atomic E-state index is 0.0706. The minimum Gasteiger partial charge on any atom is -0.465 e. The number of methoxy groups -OCH3 is 1. The zero-order valence-electron chi connectivity index (χ0n) is 16.4. The van der Waals surface area contributed by atoms with Crippen LogP contribution in [0.5, 0.6) is 0 Å². The quantitative estimate of drug-likeness (QED) is 0.569. The van der Waals surface area contributed by atoms with Crippen LogP contribution in [-0.2, 0) is 21.6 Å². The normalized spacial score (nSPS) is 18.7. The third-order valence-corrected chi connectivity index (χ3v) is 5.13. The third kappa shape index (κ3) is 3.99. The molecule has 6 nitrogen and oxygen atoms in total. The molecule has 1 atom stereocenters. The van der Waals surface area contributed by atoms with E-state index < -0.39 is 23.4 Å². The Labute approximate surface area is 168 Å². The standard InChI is InChI=1S/C22H23FN2O4/c1-3-4-13-22(17-9-11-18(23)12-10-17)20(27)25(21(28)24-22)14-15-5-7-16(8-6-15)19(26)29-2/h5-12H,3-4,13-14H2,1-2H3,(H,24,28)/t22-/m0/s1. The molecule has 2 aromatic rings. The summed E-state index contributed by atoms with van der Waals surface area (Å²) in [6.45, 7) is 2.07. The van der Waals surface area contributed by atoms with Crippen molar-refractivity contribution in [1.29, 1.82) is 0 Å². The molecular formula is C22H23FN2O4. The first-order valence-corrected chi connectivity index (χ1v) is 9.48. The van der Waals surface area contributed by atoms with Gasteiger partial charge in [-0.05, 0) is 41.8 Å².